The van der Waals surface area contributed by atoms with Gasteiger partial charge in [-0.3, -0.25) is 0 Å². The first-order valence-corrected chi connectivity index (χ1v) is 8.17. The van der Waals surface area contributed by atoms with Gasteiger partial charge in [0.05, 0.1) is 24.8 Å². The Morgan fingerprint density at radius 3 is 2.32 bits per heavy atom. The highest BCUT2D eigenvalue weighted by atomic mass is 31.1. The maximum atomic E-state index is 5.19. The molecule has 19 heavy (non-hydrogen) atoms. The molecular weight excluding hydrogens is 253 g/mol. The van der Waals surface area contributed by atoms with E-state index < -0.39 is 7.55 Å². The smallest absolute Gasteiger partial charge is 0.229 e. The van der Waals surface area contributed by atoms with Crippen molar-refractivity contribution < 1.29 is 4.74 Å². The number of nitrogens with zero attached hydrogens (tertiary/aromatic N) is 1. The Kier molecular flexibility index (Phi) is 8.22. The molecule has 3 unspecified atom stereocenters. The first-order chi connectivity index (χ1) is 8.83. The van der Waals surface area contributed by atoms with Gasteiger partial charge >= 0.3 is 0 Å². The molecule has 0 spiro atoms. The molecule has 0 radical (unpaired) electrons. The third kappa shape index (κ3) is 6.47. The van der Waals surface area contributed by atoms with Crippen LogP contribution >= 0.6 is 7.55 Å². The maximum absolute atomic E-state index is 5.19. The molecule has 0 heterocycles. The fourth-order valence-corrected chi connectivity index (χ4v) is 2.30. The fourth-order valence-electron chi connectivity index (χ4n) is 1.30. The average molecular weight is 278 g/mol. The summed E-state index contributed by atoms with van der Waals surface area (Å²) in [6.07, 6.45) is 9.80. The molecule has 3 atom stereocenters. The van der Waals surface area contributed by atoms with Crippen LogP contribution in [0, 0.1) is 0 Å². The normalized spacial score (nSPS) is 16.0. The van der Waals surface area contributed by atoms with Crippen LogP contribution in [0.2, 0.25) is 0 Å². The Morgan fingerprint density at radius 1 is 1.37 bits per heavy atom. The second-order valence-electron chi connectivity index (χ2n) is 4.50. The summed E-state index contributed by atoms with van der Waals surface area (Å²) in [5.74, 6) is -0.0123. The van der Waals surface area contributed by atoms with Crippen LogP contribution in [0.5, 0.6) is 0 Å². The molecule has 0 N–H and O–H groups in total. The number of methoxy groups -OCH3 is 1. The molecule has 0 amide bonds. The van der Waals surface area contributed by atoms with Gasteiger partial charge in [0.2, 0.25) is 5.78 Å². The molecule has 0 rings (SSSR count). The van der Waals surface area contributed by atoms with Crippen LogP contribution in [-0.4, -0.2) is 37.7 Å². The van der Waals surface area contributed by atoms with Crippen LogP contribution in [0.25, 0.3) is 0 Å². The van der Waals surface area contributed by atoms with Gasteiger partial charge in [0.25, 0.3) is 0 Å². The van der Waals surface area contributed by atoms with Crippen LogP contribution < -0.4 is 0 Å². The van der Waals surface area contributed by atoms with Crippen LogP contribution in [-0.2, 0) is 4.74 Å². The minimum Gasteiger partial charge on any atom is -0.378 e. The summed E-state index contributed by atoms with van der Waals surface area (Å²) >= 11 is 0. The standard InChI is InChI=1S/C16H25NOP/c1-9-13(4)16(19(7)8)17-15(12(2)3)11-10-14(5)18-6/h9-11,14,16H,1-2,4,7H2,3,5-6,8H3/q+1/b11-10-,17-15?. The van der Waals surface area contributed by atoms with E-state index in [0.717, 1.165) is 16.9 Å². The Balaban J connectivity index is 5.35. The van der Waals surface area contributed by atoms with Crippen molar-refractivity contribution in [3.8, 4) is 0 Å². The summed E-state index contributed by atoms with van der Waals surface area (Å²) in [7, 11) is 1.17. The van der Waals surface area contributed by atoms with Crippen molar-refractivity contribution in [2.24, 2.45) is 4.99 Å². The molecule has 0 aromatic heterocycles. The van der Waals surface area contributed by atoms with E-state index in [1.54, 1.807) is 13.2 Å². The van der Waals surface area contributed by atoms with Crippen molar-refractivity contribution in [3.63, 3.8) is 0 Å². The van der Waals surface area contributed by atoms with Crippen molar-refractivity contribution in [3.05, 3.63) is 49.1 Å². The maximum Gasteiger partial charge on any atom is 0.229 e. The Labute approximate surface area is 118 Å². The molecule has 0 fully saturated rings. The summed E-state index contributed by atoms with van der Waals surface area (Å²) in [5.41, 5.74) is 2.67. The Hall–Kier alpha value is -1.24. The largest absolute Gasteiger partial charge is 0.378 e. The topological polar surface area (TPSA) is 21.6 Å². The molecule has 0 aliphatic heterocycles. The molecule has 0 bridgehead atoms. The van der Waals surface area contributed by atoms with E-state index in [1.807, 2.05) is 26.0 Å². The quantitative estimate of drug-likeness (QED) is 0.370. The summed E-state index contributed by atoms with van der Waals surface area (Å²) in [5, 5.41) is 0. The second-order valence-corrected chi connectivity index (χ2v) is 6.51. The number of allylic oxidation sites excluding steroid dienone is 2. The zero-order valence-corrected chi connectivity index (χ0v) is 13.4. The minimum absolute atomic E-state index is 0.0123. The van der Waals surface area contributed by atoms with Gasteiger partial charge in [-0.2, -0.15) is 0 Å². The number of rotatable bonds is 8. The van der Waals surface area contributed by atoms with Gasteiger partial charge in [-0.15, -0.1) is 0 Å². The molecule has 0 aliphatic rings. The van der Waals surface area contributed by atoms with Gasteiger partial charge in [0, 0.05) is 12.7 Å². The predicted octanol–water partition coefficient (Wildman–Crippen LogP) is 4.21. The van der Waals surface area contributed by atoms with Gasteiger partial charge in [-0.1, -0.05) is 31.9 Å². The second kappa shape index (κ2) is 8.79. The zero-order valence-electron chi connectivity index (χ0n) is 12.5. The van der Waals surface area contributed by atoms with Crippen molar-refractivity contribution in [2.45, 2.75) is 25.7 Å². The van der Waals surface area contributed by atoms with E-state index in [-0.39, 0.29) is 11.9 Å². The van der Waals surface area contributed by atoms with E-state index in [0.29, 0.717) is 0 Å². The lowest BCUT2D eigenvalue weighted by molar-refractivity contribution is 0.156. The highest BCUT2D eigenvalue weighted by molar-refractivity contribution is 7.56. The zero-order chi connectivity index (χ0) is 15.0. The highest BCUT2D eigenvalue weighted by Gasteiger charge is 2.19. The van der Waals surface area contributed by atoms with Gasteiger partial charge in [-0.25, -0.2) is 4.99 Å². The molecule has 0 saturated heterocycles. The van der Waals surface area contributed by atoms with Gasteiger partial charge in [0.15, 0.2) is 0 Å². The van der Waals surface area contributed by atoms with E-state index in [4.69, 9.17) is 9.73 Å². The van der Waals surface area contributed by atoms with Crippen molar-refractivity contribution in [2.75, 3.05) is 13.8 Å². The van der Waals surface area contributed by atoms with E-state index in [1.165, 1.54) is 0 Å². The Bertz CT molecular complexity index is 432. The molecule has 0 aromatic rings. The Morgan fingerprint density at radius 2 is 1.95 bits per heavy atom. The van der Waals surface area contributed by atoms with Crippen molar-refractivity contribution in [1.29, 1.82) is 0 Å². The van der Waals surface area contributed by atoms with Crippen LogP contribution in [0.1, 0.15) is 13.8 Å². The SMILES string of the molecule is C=CC(=C)C(N=C(/C=C\C(C)OC)C(=C)C)[P+](=C)C. The lowest BCUT2D eigenvalue weighted by Gasteiger charge is -2.08. The third-order valence-corrected chi connectivity index (χ3v) is 3.89. The number of hydrogen-bond donors (Lipinski definition) is 0. The lowest BCUT2D eigenvalue weighted by atomic mass is 10.1. The molecule has 0 aromatic carbocycles. The molecule has 0 saturated carbocycles. The molecule has 0 aliphatic carbocycles. The van der Waals surface area contributed by atoms with E-state index in [2.05, 4.69) is 32.7 Å². The van der Waals surface area contributed by atoms with Gasteiger partial charge < -0.3 is 4.74 Å². The van der Waals surface area contributed by atoms with Crippen LogP contribution in [0.4, 0.5) is 0 Å². The van der Waals surface area contributed by atoms with E-state index in [9.17, 15) is 0 Å². The molecular formula is C16H25NOP+. The summed E-state index contributed by atoms with van der Waals surface area (Å²) < 4.78 is 5.19. The summed E-state index contributed by atoms with van der Waals surface area (Å²) in [4.78, 5) is 4.72. The minimum atomic E-state index is -0.511. The first kappa shape index (κ1) is 17.8. The van der Waals surface area contributed by atoms with Crippen LogP contribution in [0.3, 0.4) is 0 Å². The lowest BCUT2D eigenvalue weighted by Crippen LogP contribution is -2.07. The summed E-state index contributed by atoms with van der Waals surface area (Å²) in [6.45, 7) is 17.7. The third-order valence-electron chi connectivity index (χ3n) is 2.61. The highest BCUT2D eigenvalue weighted by Crippen LogP contribution is 2.30. The fraction of sp³-hybridized carbons (Fsp3) is 0.375. The number of ether oxygens (including phenoxy) is 1. The number of hydrogen-bond acceptors (Lipinski definition) is 2. The van der Waals surface area contributed by atoms with Gasteiger partial charge in [-0.05, 0) is 25.5 Å². The average Bonchev–Trinajstić information content (AvgIpc) is 2.36. The van der Waals surface area contributed by atoms with Crippen molar-refractivity contribution >= 4 is 19.6 Å². The summed E-state index contributed by atoms with van der Waals surface area (Å²) in [6, 6.07) is 0. The van der Waals surface area contributed by atoms with E-state index >= 15 is 0 Å². The monoisotopic (exact) mass is 278 g/mol. The van der Waals surface area contributed by atoms with Gasteiger partial charge in [0.1, 0.15) is 7.55 Å². The van der Waals surface area contributed by atoms with Crippen LogP contribution in [0.15, 0.2) is 54.1 Å². The predicted molar refractivity (Wildman–Crippen MR) is 91.0 cm³/mol. The molecule has 3 heteroatoms. The first-order valence-electron chi connectivity index (χ1n) is 6.12. The molecule has 104 valence electrons. The number of aliphatic imine (C=N–C) groups is 1. The molecule has 2 nitrogen and oxygen atoms in total. The van der Waals surface area contributed by atoms with Crippen molar-refractivity contribution in [1.82, 2.24) is 0 Å².